The molecular formula is C12H14FN3O2S. The molecule has 0 saturated carbocycles. The van der Waals surface area contributed by atoms with Gasteiger partial charge in [-0.05, 0) is 25.2 Å². The second-order valence-corrected chi connectivity index (χ2v) is 5.66. The van der Waals surface area contributed by atoms with E-state index < -0.39 is 15.8 Å². The first-order chi connectivity index (χ1) is 9.03. The van der Waals surface area contributed by atoms with Crippen LogP contribution in [0.1, 0.15) is 5.69 Å². The largest absolute Gasteiger partial charge is 0.363 e. The second kappa shape index (κ2) is 5.41. The molecular weight excluding hydrogens is 269 g/mol. The first-order valence-corrected chi connectivity index (χ1v) is 7.10. The van der Waals surface area contributed by atoms with Gasteiger partial charge in [-0.3, -0.25) is 4.72 Å². The van der Waals surface area contributed by atoms with Crippen molar-refractivity contribution >= 4 is 15.7 Å². The fraction of sp³-hybridized carbons (Fsp3) is 0.167. The van der Waals surface area contributed by atoms with Crippen molar-refractivity contribution in [2.24, 2.45) is 0 Å². The van der Waals surface area contributed by atoms with Crippen molar-refractivity contribution < 1.29 is 12.8 Å². The minimum absolute atomic E-state index is 0.0704. The molecule has 0 aliphatic heterocycles. The van der Waals surface area contributed by atoms with E-state index in [0.29, 0.717) is 6.54 Å². The van der Waals surface area contributed by atoms with Gasteiger partial charge in [0.2, 0.25) is 0 Å². The number of nitrogens with one attached hydrogen (secondary N) is 3. The highest BCUT2D eigenvalue weighted by molar-refractivity contribution is 7.92. The van der Waals surface area contributed by atoms with Crippen LogP contribution in [0.4, 0.5) is 10.1 Å². The molecule has 2 rings (SSSR count). The molecule has 2 aromatic rings. The summed E-state index contributed by atoms with van der Waals surface area (Å²) in [6, 6.07) is 7.12. The summed E-state index contributed by atoms with van der Waals surface area (Å²) in [6.07, 6.45) is 1.37. The van der Waals surface area contributed by atoms with Crippen molar-refractivity contribution in [1.29, 1.82) is 0 Å². The normalized spacial score (nSPS) is 11.5. The Labute approximate surface area is 110 Å². The second-order valence-electron chi connectivity index (χ2n) is 3.98. The predicted octanol–water partition coefficient (Wildman–Crippen LogP) is 1.67. The SMILES string of the molecule is CNCc1cc(S(=O)(=O)Nc2ccccc2F)c[nH]1. The molecule has 1 heterocycles. The predicted molar refractivity (Wildman–Crippen MR) is 70.8 cm³/mol. The summed E-state index contributed by atoms with van der Waals surface area (Å²) in [5.41, 5.74) is 0.662. The van der Waals surface area contributed by atoms with E-state index in [0.717, 1.165) is 5.69 Å². The number of anilines is 1. The maximum absolute atomic E-state index is 13.4. The lowest BCUT2D eigenvalue weighted by molar-refractivity contribution is 0.598. The van der Waals surface area contributed by atoms with E-state index in [-0.39, 0.29) is 10.6 Å². The van der Waals surface area contributed by atoms with E-state index in [1.54, 1.807) is 13.1 Å². The van der Waals surface area contributed by atoms with Crippen molar-refractivity contribution in [2.75, 3.05) is 11.8 Å². The molecule has 1 aromatic carbocycles. The number of sulfonamides is 1. The topological polar surface area (TPSA) is 74.0 Å². The zero-order chi connectivity index (χ0) is 13.9. The van der Waals surface area contributed by atoms with Gasteiger partial charge in [-0.2, -0.15) is 0 Å². The highest BCUT2D eigenvalue weighted by Crippen LogP contribution is 2.19. The zero-order valence-electron chi connectivity index (χ0n) is 10.3. The summed E-state index contributed by atoms with van der Waals surface area (Å²) < 4.78 is 39.7. The molecule has 0 spiro atoms. The lowest BCUT2D eigenvalue weighted by Crippen LogP contribution is -2.13. The minimum Gasteiger partial charge on any atom is -0.363 e. The van der Waals surface area contributed by atoms with E-state index in [9.17, 15) is 12.8 Å². The number of hydrogen-bond donors (Lipinski definition) is 3. The molecule has 0 aliphatic carbocycles. The Bertz CT molecular complexity index is 667. The van der Waals surface area contributed by atoms with Gasteiger partial charge in [-0.15, -0.1) is 0 Å². The van der Waals surface area contributed by atoms with E-state index in [1.165, 1.54) is 30.5 Å². The smallest absolute Gasteiger partial charge is 0.263 e. The number of aromatic amines is 1. The van der Waals surface area contributed by atoms with Crippen LogP contribution in [0.5, 0.6) is 0 Å². The molecule has 0 aliphatic rings. The van der Waals surface area contributed by atoms with Crippen LogP contribution < -0.4 is 10.0 Å². The standard InChI is InChI=1S/C12H14FN3O2S/c1-14-7-9-6-10(8-15-9)19(17,18)16-12-5-3-2-4-11(12)13/h2-6,8,14-16H,7H2,1H3. The maximum atomic E-state index is 13.4. The molecule has 0 atom stereocenters. The Morgan fingerprint density at radius 1 is 1.32 bits per heavy atom. The van der Waals surface area contributed by atoms with E-state index in [4.69, 9.17) is 0 Å². The molecule has 1 aromatic heterocycles. The van der Waals surface area contributed by atoms with Crippen molar-refractivity contribution in [1.82, 2.24) is 10.3 Å². The Balaban J connectivity index is 2.25. The summed E-state index contributed by atoms with van der Waals surface area (Å²) in [7, 11) is -2.03. The number of H-pyrrole nitrogens is 1. The summed E-state index contributed by atoms with van der Waals surface area (Å²) in [4.78, 5) is 2.91. The van der Waals surface area contributed by atoms with Crippen LogP contribution in [0.3, 0.4) is 0 Å². The van der Waals surface area contributed by atoms with Crippen LogP contribution in [0.2, 0.25) is 0 Å². The highest BCUT2D eigenvalue weighted by Gasteiger charge is 2.17. The zero-order valence-corrected chi connectivity index (χ0v) is 11.1. The third kappa shape index (κ3) is 3.12. The monoisotopic (exact) mass is 283 g/mol. The Morgan fingerprint density at radius 3 is 2.74 bits per heavy atom. The summed E-state index contributed by atoms with van der Waals surface area (Å²) in [6.45, 7) is 0.523. The Kier molecular flexibility index (Phi) is 3.87. The fourth-order valence-corrected chi connectivity index (χ4v) is 2.70. The van der Waals surface area contributed by atoms with Crippen molar-refractivity contribution in [3.8, 4) is 0 Å². The van der Waals surface area contributed by atoms with Crippen LogP contribution in [0.15, 0.2) is 41.4 Å². The molecule has 0 radical (unpaired) electrons. The van der Waals surface area contributed by atoms with Gasteiger partial charge >= 0.3 is 0 Å². The highest BCUT2D eigenvalue weighted by atomic mass is 32.2. The number of aromatic nitrogens is 1. The molecule has 0 fully saturated rings. The van der Waals surface area contributed by atoms with Gasteiger partial charge in [0.15, 0.2) is 0 Å². The van der Waals surface area contributed by atoms with Gasteiger partial charge in [0.05, 0.1) is 5.69 Å². The van der Waals surface area contributed by atoms with Crippen LogP contribution in [-0.2, 0) is 16.6 Å². The van der Waals surface area contributed by atoms with E-state index >= 15 is 0 Å². The van der Waals surface area contributed by atoms with Gasteiger partial charge in [-0.25, -0.2) is 12.8 Å². The first kappa shape index (κ1) is 13.6. The molecule has 0 bridgehead atoms. The van der Waals surface area contributed by atoms with Crippen molar-refractivity contribution in [3.63, 3.8) is 0 Å². The number of para-hydroxylation sites is 1. The number of rotatable bonds is 5. The lowest BCUT2D eigenvalue weighted by Gasteiger charge is -2.06. The molecule has 102 valence electrons. The Morgan fingerprint density at radius 2 is 2.05 bits per heavy atom. The van der Waals surface area contributed by atoms with Crippen LogP contribution in [-0.4, -0.2) is 20.4 Å². The third-order valence-corrected chi connectivity index (χ3v) is 3.86. The van der Waals surface area contributed by atoms with Crippen LogP contribution in [0.25, 0.3) is 0 Å². The summed E-state index contributed by atoms with van der Waals surface area (Å²) >= 11 is 0. The van der Waals surface area contributed by atoms with Crippen molar-refractivity contribution in [2.45, 2.75) is 11.4 Å². The van der Waals surface area contributed by atoms with Gasteiger partial charge in [0.1, 0.15) is 10.7 Å². The molecule has 0 unspecified atom stereocenters. The van der Waals surface area contributed by atoms with Gasteiger partial charge in [0.25, 0.3) is 10.0 Å². The number of benzene rings is 1. The minimum atomic E-state index is -3.78. The van der Waals surface area contributed by atoms with Crippen LogP contribution in [0, 0.1) is 5.82 Å². The fourth-order valence-electron chi connectivity index (χ4n) is 1.61. The molecule has 3 N–H and O–H groups in total. The van der Waals surface area contributed by atoms with Gasteiger partial charge in [-0.1, -0.05) is 12.1 Å². The molecule has 19 heavy (non-hydrogen) atoms. The van der Waals surface area contributed by atoms with E-state index in [1.807, 2.05) is 0 Å². The summed E-state index contributed by atoms with van der Waals surface area (Å²) in [5.74, 6) is -0.614. The molecule has 5 nitrogen and oxygen atoms in total. The Hall–Kier alpha value is -1.86. The van der Waals surface area contributed by atoms with Crippen molar-refractivity contribution in [3.05, 3.63) is 48.0 Å². The lowest BCUT2D eigenvalue weighted by atomic mass is 10.3. The summed E-state index contributed by atoms with van der Waals surface area (Å²) in [5, 5.41) is 2.90. The number of halogens is 1. The maximum Gasteiger partial charge on any atom is 0.263 e. The first-order valence-electron chi connectivity index (χ1n) is 5.62. The van der Waals surface area contributed by atoms with Gasteiger partial charge < -0.3 is 10.3 Å². The average molecular weight is 283 g/mol. The molecule has 7 heteroatoms. The molecule has 0 saturated heterocycles. The average Bonchev–Trinajstić information content (AvgIpc) is 2.82. The molecule has 0 amide bonds. The quantitative estimate of drug-likeness (QED) is 0.781. The van der Waals surface area contributed by atoms with Gasteiger partial charge in [0, 0.05) is 18.4 Å². The number of hydrogen-bond acceptors (Lipinski definition) is 3. The van der Waals surface area contributed by atoms with Crippen LogP contribution >= 0.6 is 0 Å². The third-order valence-electron chi connectivity index (χ3n) is 2.51. The van der Waals surface area contributed by atoms with E-state index in [2.05, 4.69) is 15.0 Å².